The molecule has 0 aromatic rings. The average Bonchev–Trinajstić information content (AvgIpc) is 1.93. The van der Waals surface area contributed by atoms with Crippen LogP contribution in [0.4, 0.5) is 4.79 Å². The van der Waals surface area contributed by atoms with Gasteiger partial charge in [0, 0.05) is 0 Å². The number of ether oxygens (including phenoxy) is 1. The number of rotatable bonds is 4. The molecule has 5 heteroatoms. The maximum absolute atomic E-state index is 11.2. The van der Waals surface area contributed by atoms with E-state index in [0.717, 1.165) is 6.42 Å². The molecular weight excluding hydrogens is 236 g/mol. The van der Waals surface area contributed by atoms with Crippen LogP contribution in [0.1, 0.15) is 61.8 Å². The molecule has 0 radical (unpaired) electrons. The van der Waals surface area contributed by atoms with Crippen LogP contribution < -0.4 is 0 Å². The van der Waals surface area contributed by atoms with Crippen molar-refractivity contribution in [3.05, 3.63) is 0 Å². The number of carbonyl (C=O) groups is 1. The van der Waals surface area contributed by atoms with Crippen LogP contribution in [0.5, 0.6) is 0 Å². The Morgan fingerprint density at radius 1 is 0.944 bits per heavy atom. The molecular formula is C13H26O5. The van der Waals surface area contributed by atoms with Crippen molar-refractivity contribution in [3.63, 3.8) is 0 Å². The third kappa shape index (κ3) is 10.4. The molecule has 0 amide bonds. The van der Waals surface area contributed by atoms with Gasteiger partial charge in [-0.15, -0.1) is 0 Å². The molecule has 0 unspecified atom stereocenters. The zero-order chi connectivity index (χ0) is 14.6. The zero-order valence-electron chi connectivity index (χ0n) is 12.7. The lowest BCUT2D eigenvalue weighted by atomic mass is 9.84. The Hall–Kier alpha value is -0.810. The van der Waals surface area contributed by atoms with Crippen molar-refractivity contribution in [3.8, 4) is 0 Å². The second-order valence-electron chi connectivity index (χ2n) is 7.20. The Bertz CT molecular complexity index is 270. The predicted octanol–water partition coefficient (Wildman–Crippen LogP) is 4.02. The first-order chi connectivity index (χ1) is 7.81. The highest BCUT2D eigenvalue weighted by atomic mass is 17.5. The maximum Gasteiger partial charge on any atom is 0.543 e. The summed E-state index contributed by atoms with van der Waals surface area (Å²) in [7, 11) is 0. The Morgan fingerprint density at radius 2 is 1.44 bits per heavy atom. The fourth-order valence-electron chi connectivity index (χ4n) is 1.71. The Labute approximate surface area is 110 Å². The van der Waals surface area contributed by atoms with Gasteiger partial charge in [-0.1, -0.05) is 20.8 Å². The SMILES string of the molecule is CC(C)(C)CC(C)(C)OOOC(=O)OC(C)(C)C. The van der Waals surface area contributed by atoms with E-state index in [9.17, 15) is 4.79 Å². The van der Waals surface area contributed by atoms with Gasteiger partial charge in [0.1, 0.15) is 11.2 Å². The highest BCUT2D eigenvalue weighted by Gasteiger charge is 2.29. The smallest absolute Gasteiger partial charge is 0.427 e. The van der Waals surface area contributed by atoms with Gasteiger partial charge in [-0.05, 0) is 51.5 Å². The van der Waals surface area contributed by atoms with Gasteiger partial charge in [-0.25, -0.2) is 9.68 Å². The first kappa shape index (κ1) is 17.2. The molecule has 0 N–H and O–H groups in total. The molecule has 0 heterocycles. The summed E-state index contributed by atoms with van der Waals surface area (Å²) in [5.41, 5.74) is -1.10. The third-order valence-corrected chi connectivity index (χ3v) is 1.71. The summed E-state index contributed by atoms with van der Waals surface area (Å²) in [5, 5.41) is 4.48. The first-order valence-electron chi connectivity index (χ1n) is 6.06. The van der Waals surface area contributed by atoms with Crippen LogP contribution >= 0.6 is 0 Å². The molecule has 5 nitrogen and oxygen atoms in total. The van der Waals surface area contributed by atoms with Gasteiger partial charge in [0.25, 0.3) is 0 Å². The predicted molar refractivity (Wildman–Crippen MR) is 67.6 cm³/mol. The van der Waals surface area contributed by atoms with E-state index in [1.165, 1.54) is 0 Å². The highest BCUT2D eigenvalue weighted by molar-refractivity contribution is 5.59. The van der Waals surface area contributed by atoms with Crippen LogP contribution in [0.3, 0.4) is 0 Å². The fourth-order valence-corrected chi connectivity index (χ4v) is 1.71. The van der Waals surface area contributed by atoms with Crippen molar-refractivity contribution >= 4 is 6.16 Å². The van der Waals surface area contributed by atoms with Gasteiger partial charge >= 0.3 is 6.16 Å². The second-order valence-corrected chi connectivity index (χ2v) is 7.20. The molecule has 0 bridgehead atoms. The maximum atomic E-state index is 11.2. The quantitative estimate of drug-likeness (QED) is 0.435. The summed E-state index contributed by atoms with van der Waals surface area (Å²) in [6.45, 7) is 15.2. The molecule has 0 aliphatic heterocycles. The molecule has 0 aliphatic carbocycles. The third-order valence-electron chi connectivity index (χ3n) is 1.71. The van der Waals surface area contributed by atoms with Crippen molar-refractivity contribution in [2.45, 2.75) is 73.0 Å². The molecule has 0 rings (SSSR count). The molecule has 0 fully saturated rings. The fraction of sp³-hybridized carbons (Fsp3) is 0.923. The summed E-state index contributed by atoms with van der Waals surface area (Å²) in [6, 6.07) is 0. The van der Waals surface area contributed by atoms with Crippen molar-refractivity contribution in [2.75, 3.05) is 0 Å². The standard InChI is InChI=1S/C13H26O5/c1-11(2,3)9-13(7,8)17-18-16-10(14)15-12(4,5)6/h9H2,1-8H3. The van der Waals surface area contributed by atoms with Crippen molar-refractivity contribution in [2.24, 2.45) is 5.41 Å². The van der Waals surface area contributed by atoms with Crippen molar-refractivity contribution in [1.29, 1.82) is 0 Å². The molecule has 0 saturated carbocycles. The van der Waals surface area contributed by atoms with Gasteiger partial charge in [0.2, 0.25) is 0 Å². The Kier molecular flexibility index (Phi) is 5.62. The summed E-state index contributed by atoms with van der Waals surface area (Å²) in [5.74, 6) is 0. The molecule has 0 aromatic carbocycles. The highest BCUT2D eigenvalue weighted by Crippen LogP contribution is 2.29. The van der Waals surface area contributed by atoms with E-state index < -0.39 is 17.4 Å². The summed E-state index contributed by atoms with van der Waals surface area (Å²) in [6.07, 6.45) is -0.174. The van der Waals surface area contributed by atoms with E-state index in [-0.39, 0.29) is 5.41 Å². The topological polar surface area (TPSA) is 54.0 Å². The van der Waals surface area contributed by atoms with E-state index in [1.54, 1.807) is 20.8 Å². The summed E-state index contributed by atoms with van der Waals surface area (Å²) < 4.78 is 4.89. The molecule has 0 atom stereocenters. The molecule has 0 aliphatic rings. The lowest BCUT2D eigenvalue weighted by Gasteiger charge is -2.29. The van der Waals surface area contributed by atoms with Gasteiger partial charge < -0.3 is 4.74 Å². The van der Waals surface area contributed by atoms with Crippen LogP contribution in [0.25, 0.3) is 0 Å². The molecule has 108 valence electrons. The lowest BCUT2D eigenvalue weighted by Crippen LogP contribution is -2.31. The van der Waals surface area contributed by atoms with Gasteiger partial charge in [-0.2, -0.15) is 4.89 Å². The second kappa shape index (κ2) is 5.89. The molecule has 0 saturated heterocycles. The van der Waals surface area contributed by atoms with E-state index in [0.29, 0.717) is 0 Å². The monoisotopic (exact) mass is 262 g/mol. The molecule has 18 heavy (non-hydrogen) atoms. The minimum absolute atomic E-state index is 0.0821. The normalized spacial score (nSPS) is 13.3. The van der Waals surface area contributed by atoms with E-state index in [2.05, 4.69) is 30.7 Å². The number of hydrogen-bond donors (Lipinski definition) is 0. The van der Waals surface area contributed by atoms with Crippen molar-refractivity contribution in [1.82, 2.24) is 0 Å². The van der Waals surface area contributed by atoms with Crippen LogP contribution in [0.2, 0.25) is 0 Å². The molecule has 0 aromatic heterocycles. The Morgan fingerprint density at radius 3 is 1.83 bits per heavy atom. The average molecular weight is 262 g/mol. The van der Waals surface area contributed by atoms with Crippen molar-refractivity contribution < 1.29 is 24.3 Å². The molecule has 0 spiro atoms. The van der Waals surface area contributed by atoms with Crippen LogP contribution in [0.15, 0.2) is 0 Å². The van der Waals surface area contributed by atoms with E-state index in [1.807, 2.05) is 13.8 Å². The number of hydrogen-bond acceptors (Lipinski definition) is 5. The van der Waals surface area contributed by atoms with E-state index >= 15 is 0 Å². The zero-order valence-corrected chi connectivity index (χ0v) is 12.7. The minimum Gasteiger partial charge on any atom is -0.427 e. The van der Waals surface area contributed by atoms with Gasteiger partial charge in [0.15, 0.2) is 0 Å². The van der Waals surface area contributed by atoms with Crippen LogP contribution in [0, 0.1) is 5.41 Å². The first-order valence-corrected chi connectivity index (χ1v) is 6.06. The van der Waals surface area contributed by atoms with Crippen LogP contribution in [-0.4, -0.2) is 17.4 Å². The lowest BCUT2D eigenvalue weighted by molar-refractivity contribution is -0.519. The van der Waals surface area contributed by atoms with Crippen LogP contribution in [-0.2, 0) is 19.6 Å². The van der Waals surface area contributed by atoms with Gasteiger partial charge in [-0.3, -0.25) is 0 Å². The Balaban J connectivity index is 4.00. The van der Waals surface area contributed by atoms with E-state index in [4.69, 9.17) is 9.62 Å². The van der Waals surface area contributed by atoms with Gasteiger partial charge in [0.05, 0.1) is 0 Å². The largest absolute Gasteiger partial charge is 0.543 e. The number of carbonyl (C=O) groups excluding carboxylic acids is 1. The minimum atomic E-state index is -0.922. The summed E-state index contributed by atoms with van der Waals surface area (Å²) in [4.78, 5) is 20.6. The summed E-state index contributed by atoms with van der Waals surface area (Å²) >= 11 is 0.